The Labute approximate surface area is 91.4 Å². The van der Waals surface area contributed by atoms with Gasteiger partial charge in [-0.15, -0.1) is 0 Å². The summed E-state index contributed by atoms with van der Waals surface area (Å²) in [5.41, 5.74) is 0.733. The Bertz CT molecular complexity index is 454. The molecule has 0 unspecified atom stereocenters. The fraction of sp³-hybridized carbons (Fsp3) is 0.100. The van der Waals surface area contributed by atoms with Crippen molar-refractivity contribution in [3.63, 3.8) is 0 Å². The van der Waals surface area contributed by atoms with Crippen LogP contribution in [-0.4, -0.2) is 15.9 Å². The minimum absolute atomic E-state index is 0.0906. The summed E-state index contributed by atoms with van der Waals surface area (Å²) in [5.74, 6) is -0.345. The summed E-state index contributed by atoms with van der Waals surface area (Å²) in [6.45, 7) is 1.35. The number of hydrogen-bond acceptors (Lipinski definition) is 4. The maximum Gasteiger partial charge on any atom is 0.235 e. The first kappa shape index (κ1) is 11.7. The maximum atomic E-state index is 10.8. The van der Waals surface area contributed by atoms with E-state index in [-0.39, 0.29) is 17.2 Å². The molecule has 1 aromatic carbocycles. The third kappa shape index (κ3) is 3.41. The molecule has 0 radical (unpaired) electrons. The van der Waals surface area contributed by atoms with Gasteiger partial charge in [0.1, 0.15) is 5.75 Å². The highest BCUT2D eigenvalue weighted by Crippen LogP contribution is 2.22. The quantitative estimate of drug-likeness (QED) is 0.461. The van der Waals surface area contributed by atoms with Gasteiger partial charge in [-0.1, -0.05) is 0 Å². The van der Waals surface area contributed by atoms with E-state index in [4.69, 9.17) is 0 Å². The van der Waals surface area contributed by atoms with E-state index in [1.165, 1.54) is 25.1 Å². The molecule has 0 aliphatic rings. The first-order valence-corrected chi connectivity index (χ1v) is 4.41. The molecule has 1 rings (SSSR count). The number of anilines is 1. The zero-order valence-corrected chi connectivity index (χ0v) is 8.51. The third-order valence-corrected chi connectivity index (χ3v) is 1.72. The number of rotatable bonds is 3. The van der Waals surface area contributed by atoms with Crippen molar-refractivity contribution in [2.45, 2.75) is 6.92 Å². The lowest BCUT2D eigenvalue weighted by atomic mass is 10.1. The second-order valence-electron chi connectivity index (χ2n) is 3.06. The van der Waals surface area contributed by atoms with E-state index in [0.29, 0.717) is 11.9 Å². The van der Waals surface area contributed by atoms with E-state index < -0.39 is 4.92 Å². The highest BCUT2D eigenvalue weighted by Gasteiger charge is 2.02. The second-order valence-corrected chi connectivity index (χ2v) is 3.06. The molecule has 0 aliphatic heterocycles. The van der Waals surface area contributed by atoms with Gasteiger partial charge in [0.25, 0.3) is 0 Å². The van der Waals surface area contributed by atoms with Gasteiger partial charge in [0, 0.05) is 24.3 Å². The molecule has 0 spiro atoms. The van der Waals surface area contributed by atoms with E-state index >= 15 is 0 Å². The smallest absolute Gasteiger partial charge is 0.235 e. The normalized spacial score (nSPS) is 10.3. The molecular weight excluding hydrogens is 212 g/mol. The second kappa shape index (κ2) is 4.92. The number of aromatic hydroxyl groups is 1. The number of carbonyl (C=O) groups excluding carboxylic acids is 1. The molecule has 0 saturated carbocycles. The number of nitrogens with one attached hydrogen (secondary N) is 1. The van der Waals surface area contributed by atoms with Crippen LogP contribution in [-0.2, 0) is 4.79 Å². The van der Waals surface area contributed by atoms with Crippen molar-refractivity contribution in [3.05, 3.63) is 40.1 Å². The van der Waals surface area contributed by atoms with Crippen LogP contribution in [0, 0.1) is 10.1 Å². The van der Waals surface area contributed by atoms with Crippen LogP contribution in [0.15, 0.2) is 24.4 Å². The van der Waals surface area contributed by atoms with Crippen LogP contribution < -0.4 is 5.32 Å². The average Bonchev–Trinajstić information content (AvgIpc) is 2.18. The van der Waals surface area contributed by atoms with Gasteiger partial charge in [0.15, 0.2) is 0 Å². The van der Waals surface area contributed by atoms with Gasteiger partial charge in [-0.25, -0.2) is 0 Å². The molecule has 0 saturated heterocycles. The number of nitrogens with zero attached hydrogens (tertiary/aromatic N) is 1. The molecule has 6 nitrogen and oxygen atoms in total. The van der Waals surface area contributed by atoms with Crippen LogP contribution in [0.1, 0.15) is 12.5 Å². The minimum Gasteiger partial charge on any atom is -0.507 e. The molecule has 0 aliphatic carbocycles. The number of phenolic OH excluding ortho intramolecular Hbond substituents is 1. The van der Waals surface area contributed by atoms with E-state index in [9.17, 15) is 20.0 Å². The molecule has 0 atom stereocenters. The van der Waals surface area contributed by atoms with Crippen LogP contribution in [0.2, 0.25) is 0 Å². The van der Waals surface area contributed by atoms with Crippen molar-refractivity contribution in [1.82, 2.24) is 0 Å². The Morgan fingerprint density at radius 3 is 2.81 bits per heavy atom. The summed E-state index contributed by atoms with van der Waals surface area (Å²) in [4.78, 5) is 20.3. The molecule has 1 aromatic rings. The molecule has 6 heteroatoms. The average molecular weight is 222 g/mol. The van der Waals surface area contributed by atoms with Crippen molar-refractivity contribution in [1.29, 1.82) is 0 Å². The number of hydrogen-bond donors (Lipinski definition) is 2. The Kier molecular flexibility index (Phi) is 3.60. The molecule has 2 N–H and O–H groups in total. The molecule has 0 heterocycles. The van der Waals surface area contributed by atoms with Gasteiger partial charge in [-0.05, 0) is 18.2 Å². The highest BCUT2D eigenvalue weighted by atomic mass is 16.6. The van der Waals surface area contributed by atoms with Crippen LogP contribution >= 0.6 is 0 Å². The van der Waals surface area contributed by atoms with Gasteiger partial charge in [-0.3, -0.25) is 14.9 Å². The Morgan fingerprint density at radius 2 is 2.25 bits per heavy atom. The molecule has 1 amide bonds. The molecule has 0 fully saturated rings. The maximum absolute atomic E-state index is 10.8. The minimum atomic E-state index is -0.634. The molecule has 0 aromatic heterocycles. The molecule has 84 valence electrons. The largest absolute Gasteiger partial charge is 0.507 e. The summed E-state index contributed by atoms with van der Waals surface area (Å²) < 4.78 is 0. The first-order chi connectivity index (χ1) is 7.49. The van der Waals surface area contributed by atoms with Crippen LogP contribution in [0.25, 0.3) is 6.08 Å². The van der Waals surface area contributed by atoms with Gasteiger partial charge in [0.2, 0.25) is 12.1 Å². The number of benzene rings is 1. The number of nitro groups is 1. The highest BCUT2D eigenvalue weighted by molar-refractivity contribution is 5.89. The van der Waals surface area contributed by atoms with Crippen molar-refractivity contribution in [2.75, 3.05) is 5.32 Å². The predicted molar refractivity (Wildman–Crippen MR) is 58.4 cm³/mol. The summed E-state index contributed by atoms with van der Waals surface area (Å²) in [6, 6.07) is 4.29. The van der Waals surface area contributed by atoms with E-state index in [0.717, 1.165) is 6.08 Å². The van der Waals surface area contributed by atoms with Crippen LogP contribution in [0.5, 0.6) is 5.75 Å². The molecule has 0 bridgehead atoms. The zero-order valence-electron chi connectivity index (χ0n) is 8.51. The standard InChI is InChI=1S/C10H10N2O4/c1-7(13)11-9-2-3-10(14)8(6-9)4-5-12(15)16/h2-6,14H,1H3,(H,11,13)/b5-4+. The van der Waals surface area contributed by atoms with Crippen molar-refractivity contribution >= 4 is 17.7 Å². The number of phenols is 1. The number of carbonyl (C=O) groups is 1. The fourth-order valence-electron chi connectivity index (χ4n) is 1.11. The van der Waals surface area contributed by atoms with E-state index in [1.807, 2.05) is 0 Å². The van der Waals surface area contributed by atoms with Gasteiger partial charge in [-0.2, -0.15) is 0 Å². The summed E-state index contributed by atoms with van der Waals surface area (Å²) >= 11 is 0. The molecular formula is C10H10N2O4. The summed E-state index contributed by atoms with van der Waals surface area (Å²) in [6.07, 6.45) is 1.87. The summed E-state index contributed by atoms with van der Waals surface area (Å²) in [7, 11) is 0. The Balaban J connectivity index is 2.99. The topological polar surface area (TPSA) is 92.5 Å². The third-order valence-electron chi connectivity index (χ3n) is 1.72. The lowest BCUT2D eigenvalue weighted by Crippen LogP contribution is -2.05. The van der Waals surface area contributed by atoms with Crippen LogP contribution in [0.3, 0.4) is 0 Å². The monoisotopic (exact) mass is 222 g/mol. The zero-order chi connectivity index (χ0) is 12.1. The predicted octanol–water partition coefficient (Wildman–Crippen LogP) is 1.60. The SMILES string of the molecule is CC(=O)Nc1ccc(O)c(/C=C/[N+](=O)[O-])c1. The van der Waals surface area contributed by atoms with Gasteiger partial charge >= 0.3 is 0 Å². The fourth-order valence-corrected chi connectivity index (χ4v) is 1.11. The van der Waals surface area contributed by atoms with Crippen molar-refractivity contribution in [2.24, 2.45) is 0 Å². The lowest BCUT2D eigenvalue weighted by Gasteiger charge is -2.04. The molecule has 16 heavy (non-hydrogen) atoms. The van der Waals surface area contributed by atoms with Crippen molar-refractivity contribution in [3.8, 4) is 5.75 Å². The first-order valence-electron chi connectivity index (χ1n) is 4.41. The number of amides is 1. The summed E-state index contributed by atoms with van der Waals surface area (Å²) in [5, 5.41) is 22.0. The van der Waals surface area contributed by atoms with Crippen LogP contribution in [0.4, 0.5) is 5.69 Å². The Hall–Kier alpha value is -2.37. The lowest BCUT2D eigenvalue weighted by molar-refractivity contribution is -0.400. The van der Waals surface area contributed by atoms with E-state index in [2.05, 4.69) is 5.32 Å². The van der Waals surface area contributed by atoms with Crippen molar-refractivity contribution < 1.29 is 14.8 Å². The van der Waals surface area contributed by atoms with Gasteiger partial charge < -0.3 is 10.4 Å². The van der Waals surface area contributed by atoms with Gasteiger partial charge in [0.05, 0.1) is 4.92 Å². The Morgan fingerprint density at radius 1 is 1.56 bits per heavy atom. The van der Waals surface area contributed by atoms with E-state index in [1.54, 1.807) is 0 Å².